The number of likely N-dealkylation sites (tertiary alicyclic amines) is 1. The highest BCUT2D eigenvalue weighted by molar-refractivity contribution is 5.80. The van der Waals surface area contributed by atoms with Crippen LogP contribution >= 0.6 is 0 Å². The van der Waals surface area contributed by atoms with Crippen LogP contribution in [-0.2, 0) is 9.53 Å². The molecular weight excluding hydrogens is 264 g/mol. The average Bonchev–Trinajstić information content (AvgIpc) is 2.46. The third-order valence-corrected chi connectivity index (χ3v) is 4.59. The zero-order valence-electron chi connectivity index (χ0n) is 14.6. The molecule has 4 heteroatoms. The standard InChI is InChI=1S/C17H34N2O2/c1-6-15-10-7-8-12-19(15)13-9-11-17(4,16(20)21-5)18-14(2)3/h14-15,18H,6-13H2,1-5H3. The first-order chi connectivity index (χ1) is 9.92. The molecule has 1 saturated heterocycles. The minimum atomic E-state index is -0.569. The van der Waals surface area contributed by atoms with E-state index in [4.69, 9.17) is 4.74 Å². The lowest BCUT2D eigenvalue weighted by Crippen LogP contribution is -2.53. The summed E-state index contributed by atoms with van der Waals surface area (Å²) in [5, 5.41) is 3.38. The van der Waals surface area contributed by atoms with Crippen LogP contribution in [0.25, 0.3) is 0 Å². The second kappa shape index (κ2) is 8.74. The zero-order chi connectivity index (χ0) is 15.9. The number of nitrogens with one attached hydrogen (secondary N) is 1. The van der Waals surface area contributed by atoms with E-state index in [0.717, 1.165) is 25.4 Å². The monoisotopic (exact) mass is 298 g/mol. The number of carbonyl (C=O) groups is 1. The number of ether oxygens (including phenoxy) is 1. The summed E-state index contributed by atoms with van der Waals surface area (Å²) in [6.07, 6.45) is 7.10. The van der Waals surface area contributed by atoms with Crippen LogP contribution in [0, 0.1) is 0 Å². The van der Waals surface area contributed by atoms with Gasteiger partial charge < -0.3 is 9.64 Å². The predicted octanol–water partition coefficient (Wildman–Crippen LogP) is 2.96. The van der Waals surface area contributed by atoms with E-state index in [1.54, 1.807) is 0 Å². The van der Waals surface area contributed by atoms with Crippen LogP contribution in [0.1, 0.15) is 66.2 Å². The first-order valence-electron chi connectivity index (χ1n) is 8.53. The maximum atomic E-state index is 12.1. The highest BCUT2D eigenvalue weighted by Crippen LogP contribution is 2.22. The van der Waals surface area contributed by atoms with Gasteiger partial charge in [0.05, 0.1) is 7.11 Å². The van der Waals surface area contributed by atoms with Gasteiger partial charge in [0.15, 0.2) is 0 Å². The average molecular weight is 298 g/mol. The maximum absolute atomic E-state index is 12.1. The Labute approximate surface area is 130 Å². The van der Waals surface area contributed by atoms with Crippen molar-refractivity contribution in [1.82, 2.24) is 10.2 Å². The molecule has 0 aromatic carbocycles. The number of esters is 1. The molecule has 0 saturated carbocycles. The summed E-state index contributed by atoms with van der Waals surface area (Å²) in [4.78, 5) is 14.7. The van der Waals surface area contributed by atoms with Crippen LogP contribution in [0.4, 0.5) is 0 Å². The van der Waals surface area contributed by atoms with Gasteiger partial charge in [-0.2, -0.15) is 0 Å². The molecule has 2 atom stereocenters. The summed E-state index contributed by atoms with van der Waals surface area (Å²) >= 11 is 0. The van der Waals surface area contributed by atoms with E-state index in [0.29, 0.717) is 0 Å². The highest BCUT2D eigenvalue weighted by Gasteiger charge is 2.34. The van der Waals surface area contributed by atoms with Crippen molar-refractivity contribution in [3.05, 3.63) is 0 Å². The van der Waals surface area contributed by atoms with Gasteiger partial charge in [-0.1, -0.05) is 13.3 Å². The van der Waals surface area contributed by atoms with E-state index in [1.807, 2.05) is 6.92 Å². The molecule has 4 nitrogen and oxygen atoms in total. The van der Waals surface area contributed by atoms with E-state index in [2.05, 4.69) is 31.0 Å². The third-order valence-electron chi connectivity index (χ3n) is 4.59. The number of hydrogen-bond acceptors (Lipinski definition) is 4. The molecule has 1 rings (SSSR count). The quantitative estimate of drug-likeness (QED) is 0.700. The van der Waals surface area contributed by atoms with E-state index in [-0.39, 0.29) is 12.0 Å². The first kappa shape index (κ1) is 18.4. The molecule has 1 aliphatic heterocycles. The van der Waals surface area contributed by atoms with Crippen molar-refractivity contribution in [2.45, 2.75) is 83.8 Å². The van der Waals surface area contributed by atoms with Crippen molar-refractivity contribution >= 4 is 5.97 Å². The number of rotatable bonds is 8. The molecule has 124 valence electrons. The lowest BCUT2D eigenvalue weighted by atomic mass is 9.93. The molecule has 0 radical (unpaired) electrons. The smallest absolute Gasteiger partial charge is 0.325 e. The van der Waals surface area contributed by atoms with Crippen molar-refractivity contribution in [3.63, 3.8) is 0 Å². The lowest BCUT2D eigenvalue weighted by Gasteiger charge is -2.36. The minimum absolute atomic E-state index is 0.151. The van der Waals surface area contributed by atoms with Gasteiger partial charge in [0.25, 0.3) is 0 Å². The summed E-state index contributed by atoms with van der Waals surface area (Å²) in [5.41, 5.74) is -0.569. The minimum Gasteiger partial charge on any atom is -0.468 e. The van der Waals surface area contributed by atoms with Gasteiger partial charge in [-0.15, -0.1) is 0 Å². The van der Waals surface area contributed by atoms with Crippen molar-refractivity contribution in [1.29, 1.82) is 0 Å². The SMILES string of the molecule is CCC1CCCCN1CCCC(C)(NC(C)C)C(=O)OC. The van der Waals surface area contributed by atoms with Crippen molar-refractivity contribution in [2.24, 2.45) is 0 Å². The predicted molar refractivity (Wildman–Crippen MR) is 87.4 cm³/mol. The molecule has 2 unspecified atom stereocenters. The molecule has 1 N–H and O–H groups in total. The van der Waals surface area contributed by atoms with E-state index >= 15 is 0 Å². The van der Waals surface area contributed by atoms with Crippen molar-refractivity contribution < 1.29 is 9.53 Å². The van der Waals surface area contributed by atoms with Gasteiger partial charge in [0.1, 0.15) is 5.54 Å². The van der Waals surface area contributed by atoms with E-state index in [9.17, 15) is 4.79 Å². The van der Waals surface area contributed by atoms with Crippen LogP contribution in [0.3, 0.4) is 0 Å². The Morgan fingerprint density at radius 2 is 2.14 bits per heavy atom. The zero-order valence-corrected chi connectivity index (χ0v) is 14.6. The van der Waals surface area contributed by atoms with Crippen LogP contribution in [0.5, 0.6) is 0 Å². The topological polar surface area (TPSA) is 41.6 Å². The molecule has 21 heavy (non-hydrogen) atoms. The van der Waals surface area contributed by atoms with Crippen LogP contribution in [-0.4, -0.2) is 48.7 Å². The second-order valence-corrected chi connectivity index (χ2v) is 6.82. The maximum Gasteiger partial charge on any atom is 0.325 e. The molecule has 0 bridgehead atoms. The van der Waals surface area contributed by atoms with E-state index in [1.165, 1.54) is 39.3 Å². The van der Waals surface area contributed by atoms with Gasteiger partial charge in [-0.05, 0) is 66.0 Å². The largest absolute Gasteiger partial charge is 0.468 e. The fraction of sp³-hybridized carbons (Fsp3) is 0.941. The first-order valence-corrected chi connectivity index (χ1v) is 8.53. The van der Waals surface area contributed by atoms with Crippen LogP contribution < -0.4 is 5.32 Å². The fourth-order valence-corrected chi connectivity index (χ4v) is 3.55. The Bertz CT molecular complexity index is 320. The Morgan fingerprint density at radius 3 is 2.71 bits per heavy atom. The van der Waals surface area contributed by atoms with Crippen molar-refractivity contribution in [2.75, 3.05) is 20.2 Å². The van der Waals surface area contributed by atoms with Gasteiger partial charge in [-0.3, -0.25) is 10.1 Å². The molecule has 1 heterocycles. The Morgan fingerprint density at radius 1 is 1.43 bits per heavy atom. The lowest BCUT2D eigenvalue weighted by molar-refractivity contribution is -0.148. The molecule has 0 amide bonds. The highest BCUT2D eigenvalue weighted by atomic mass is 16.5. The number of piperidine rings is 1. The van der Waals surface area contributed by atoms with Gasteiger partial charge >= 0.3 is 5.97 Å². The molecular formula is C17H34N2O2. The summed E-state index contributed by atoms with van der Waals surface area (Å²) in [6.45, 7) is 10.7. The van der Waals surface area contributed by atoms with Gasteiger partial charge in [-0.25, -0.2) is 0 Å². The number of carbonyl (C=O) groups excluding carboxylic acids is 1. The van der Waals surface area contributed by atoms with Gasteiger partial charge in [0, 0.05) is 12.1 Å². The summed E-state index contributed by atoms with van der Waals surface area (Å²) in [7, 11) is 1.47. The molecule has 1 fully saturated rings. The normalized spacial score (nSPS) is 23.0. The molecule has 1 aliphatic rings. The second-order valence-electron chi connectivity index (χ2n) is 6.82. The molecule has 0 aromatic rings. The Hall–Kier alpha value is -0.610. The molecule has 0 spiro atoms. The summed E-state index contributed by atoms with van der Waals surface area (Å²) in [6, 6.07) is 1.01. The third kappa shape index (κ3) is 5.59. The Balaban J connectivity index is 2.50. The van der Waals surface area contributed by atoms with Crippen molar-refractivity contribution in [3.8, 4) is 0 Å². The van der Waals surface area contributed by atoms with Gasteiger partial charge in [0.2, 0.25) is 0 Å². The van der Waals surface area contributed by atoms with Crippen LogP contribution in [0.15, 0.2) is 0 Å². The number of hydrogen-bond donors (Lipinski definition) is 1. The number of methoxy groups -OCH3 is 1. The Kier molecular flexibility index (Phi) is 7.67. The molecule has 0 aliphatic carbocycles. The molecule has 0 aromatic heterocycles. The number of nitrogens with zero attached hydrogens (tertiary/aromatic N) is 1. The summed E-state index contributed by atoms with van der Waals surface area (Å²) < 4.78 is 4.99. The fourth-order valence-electron chi connectivity index (χ4n) is 3.55. The summed E-state index contributed by atoms with van der Waals surface area (Å²) in [5.74, 6) is -0.151. The van der Waals surface area contributed by atoms with Crippen LogP contribution in [0.2, 0.25) is 0 Å². The van der Waals surface area contributed by atoms with E-state index < -0.39 is 5.54 Å².